The first-order chi connectivity index (χ1) is 7.72. The number of carbonyl (C=O) groups excluding carboxylic acids is 1. The molecule has 2 rings (SSSR count). The number of hydrogen-bond donors (Lipinski definition) is 1. The molecule has 17 heavy (non-hydrogen) atoms. The zero-order valence-electron chi connectivity index (χ0n) is 10.3. The standard InChI is InChI=1S/C9H17N2O4PS/c1-8(2)5-11-6(12)9(10,7(11)17-8)16(13,14-3)15-4/h7H,5,10H2,1-4H3/t7-,9?/m0/s1. The minimum atomic E-state index is -3.61. The van der Waals surface area contributed by atoms with E-state index in [0.717, 1.165) is 0 Å². The molecule has 98 valence electrons. The van der Waals surface area contributed by atoms with Gasteiger partial charge in [0.2, 0.25) is 5.28 Å². The first kappa shape index (κ1) is 13.4. The molecule has 1 amide bonds. The van der Waals surface area contributed by atoms with Gasteiger partial charge in [-0.1, -0.05) is 0 Å². The molecule has 1 unspecified atom stereocenters. The molecule has 0 aliphatic carbocycles. The highest BCUT2D eigenvalue weighted by Gasteiger charge is 2.73. The molecule has 2 fully saturated rings. The van der Waals surface area contributed by atoms with Gasteiger partial charge in [-0.25, -0.2) is 0 Å². The Morgan fingerprint density at radius 1 is 1.47 bits per heavy atom. The van der Waals surface area contributed by atoms with E-state index in [2.05, 4.69) is 0 Å². The molecule has 0 bridgehead atoms. The number of amides is 1. The molecule has 0 aromatic rings. The van der Waals surface area contributed by atoms with Gasteiger partial charge >= 0.3 is 7.60 Å². The maximum Gasteiger partial charge on any atom is 0.362 e. The third-order valence-corrected chi connectivity index (χ3v) is 7.27. The predicted octanol–water partition coefficient (Wildman–Crippen LogP) is 0.821. The topological polar surface area (TPSA) is 81.9 Å². The van der Waals surface area contributed by atoms with E-state index in [1.54, 1.807) is 4.90 Å². The summed E-state index contributed by atoms with van der Waals surface area (Å²) in [5.74, 6) is -0.354. The third kappa shape index (κ3) is 1.53. The van der Waals surface area contributed by atoms with Crippen LogP contribution in [0.2, 0.25) is 0 Å². The van der Waals surface area contributed by atoms with Crippen molar-refractivity contribution in [1.29, 1.82) is 0 Å². The summed E-state index contributed by atoms with van der Waals surface area (Å²) in [6.07, 6.45) is 0. The molecule has 2 aliphatic rings. The molecule has 2 N–H and O–H groups in total. The van der Waals surface area contributed by atoms with Crippen LogP contribution in [-0.4, -0.2) is 47.0 Å². The van der Waals surface area contributed by atoms with E-state index in [1.165, 1.54) is 26.0 Å². The molecule has 0 spiro atoms. The third-order valence-electron chi connectivity index (χ3n) is 3.18. The van der Waals surface area contributed by atoms with Gasteiger partial charge in [0.15, 0.2) is 0 Å². The summed E-state index contributed by atoms with van der Waals surface area (Å²) in [5, 5.41) is -1.88. The number of fused-ring (bicyclic) bond motifs is 1. The van der Waals surface area contributed by atoms with Gasteiger partial charge in [-0.3, -0.25) is 9.36 Å². The van der Waals surface area contributed by atoms with Gasteiger partial charge < -0.3 is 19.7 Å². The first-order valence-corrected chi connectivity index (χ1v) is 7.63. The molecule has 2 aliphatic heterocycles. The summed E-state index contributed by atoms with van der Waals surface area (Å²) in [4.78, 5) is 13.7. The second-order valence-electron chi connectivity index (χ2n) is 4.85. The van der Waals surface area contributed by atoms with Crippen molar-refractivity contribution in [2.75, 3.05) is 20.8 Å². The molecular formula is C9H17N2O4PS. The van der Waals surface area contributed by atoms with Gasteiger partial charge in [0.25, 0.3) is 5.91 Å². The van der Waals surface area contributed by atoms with Crippen molar-refractivity contribution in [3.63, 3.8) is 0 Å². The highest BCUT2D eigenvalue weighted by atomic mass is 32.2. The lowest BCUT2D eigenvalue weighted by molar-refractivity contribution is -0.147. The smallest absolute Gasteiger partial charge is 0.324 e. The average Bonchev–Trinajstić information content (AvgIpc) is 2.60. The number of carbonyl (C=O) groups is 1. The van der Waals surface area contributed by atoms with E-state index in [1.807, 2.05) is 13.8 Å². The summed E-state index contributed by atoms with van der Waals surface area (Å²) in [6.45, 7) is 4.65. The monoisotopic (exact) mass is 280 g/mol. The minimum Gasteiger partial charge on any atom is -0.324 e. The summed E-state index contributed by atoms with van der Waals surface area (Å²) in [5.41, 5.74) is 6.03. The van der Waals surface area contributed by atoms with Crippen molar-refractivity contribution in [1.82, 2.24) is 4.90 Å². The van der Waals surface area contributed by atoms with Gasteiger partial charge in [0, 0.05) is 25.5 Å². The molecule has 0 radical (unpaired) electrons. The van der Waals surface area contributed by atoms with Crippen LogP contribution in [0.5, 0.6) is 0 Å². The van der Waals surface area contributed by atoms with Crippen LogP contribution in [0.25, 0.3) is 0 Å². The van der Waals surface area contributed by atoms with Crippen LogP contribution in [-0.2, 0) is 18.4 Å². The highest BCUT2D eigenvalue weighted by molar-refractivity contribution is 8.02. The van der Waals surface area contributed by atoms with Crippen molar-refractivity contribution < 1.29 is 18.4 Å². The van der Waals surface area contributed by atoms with Crippen molar-refractivity contribution in [2.24, 2.45) is 5.73 Å². The number of hydrogen-bond acceptors (Lipinski definition) is 6. The van der Waals surface area contributed by atoms with Gasteiger partial charge in [0.05, 0.1) is 0 Å². The molecular weight excluding hydrogens is 263 g/mol. The van der Waals surface area contributed by atoms with Gasteiger partial charge in [0.1, 0.15) is 5.37 Å². The van der Waals surface area contributed by atoms with Crippen LogP contribution in [0.3, 0.4) is 0 Å². The normalized spacial score (nSPS) is 35.7. The first-order valence-electron chi connectivity index (χ1n) is 5.21. The van der Waals surface area contributed by atoms with E-state index in [0.29, 0.717) is 6.54 Å². The Kier molecular flexibility index (Phi) is 2.92. The van der Waals surface area contributed by atoms with E-state index < -0.39 is 12.9 Å². The van der Waals surface area contributed by atoms with Crippen molar-refractivity contribution in [3.8, 4) is 0 Å². The Bertz CT molecular complexity index is 408. The fourth-order valence-electron chi connectivity index (χ4n) is 2.30. The number of β-lactam (4-membered cyclic amide) rings is 1. The molecule has 2 atom stereocenters. The maximum absolute atomic E-state index is 12.4. The van der Waals surface area contributed by atoms with Crippen molar-refractivity contribution in [3.05, 3.63) is 0 Å². The zero-order chi connectivity index (χ0) is 13.1. The lowest BCUT2D eigenvalue weighted by Gasteiger charge is -2.50. The van der Waals surface area contributed by atoms with Crippen LogP contribution >= 0.6 is 19.4 Å². The Balaban J connectivity index is 2.36. The summed E-state index contributed by atoms with van der Waals surface area (Å²) in [6, 6.07) is 0. The van der Waals surface area contributed by atoms with Crippen LogP contribution < -0.4 is 5.73 Å². The van der Waals surface area contributed by atoms with Crippen molar-refractivity contribution >= 4 is 25.3 Å². The quantitative estimate of drug-likeness (QED) is 0.609. The second-order valence-corrected chi connectivity index (χ2v) is 9.10. The molecule has 0 aromatic carbocycles. The SMILES string of the molecule is COP(=O)(OC)C1(N)C(=O)N2CC(C)(C)S[C@H]21. The molecule has 6 nitrogen and oxygen atoms in total. The van der Waals surface area contributed by atoms with E-state index in [-0.39, 0.29) is 16.0 Å². The Morgan fingerprint density at radius 2 is 2.00 bits per heavy atom. The zero-order valence-corrected chi connectivity index (χ0v) is 12.0. The second kappa shape index (κ2) is 3.71. The number of rotatable bonds is 3. The van der Waals surface area contributed by atoms with Gasteiger partial charge in [-0.05, 0) is 13.8 Å². The summed E-state index contributed by atoms with van der Waals surface area (Å²) >= 11 is 1.53. The van der Waals surface area contributed by atoms with Crippen molar-refractivity contribution in [2.45, 2.75) is 29.2 Å². The van der Waals surface area contributed by atoms with Crippen LogP contribution in [0, 0.1) is 0 Å². The summed E-state index contributed by atoms with van der Waals surface area (Å²) in [7, 11) is -1.11. The number of nitrogens with zero attached hydrogens (tertiary/aromatic N) is 1. The molecule has 2 heterocycles. The lowest BCUT2D eigenvalue weighted by atomic mass is 10.1. The number of nitrogens with two attached hydrogens (primary N) is 1. The maximum atomic E-state index is 12.4. The van der Waals surface area contributed by atoms with Gasteiger partial charge in [-0.15, -0.1) is 11.8 Å². The summed E-state index contributed by atoms with van der Waals surface area (Å²) < 4.78 is 22.1. The Morgan fingerprint density at radius 3 is 2.47 bits per heavy atom. The molecule has 8 heteroatoms. The fraction of sp³-hybridized carbons (Fsp3) is 0.889. The lowest BCUT2D eigenvalue weighted by Crippen LogP contribution is -2.75. The van der Waals surface area contributed by atoms with E-state index >= 15 is 0 Å². The van der Waals surface area contributed by atoms with E-state index in [4.69, 9.17) is 14.8 Å². The average molecular weight is 280 g/mol. The largest absolute Gasteiger partial charge is 0.362 e. The Labute approximate surface area is 105 Å². The van der Waals surface area contributed by atoms with E-state index in [9.17, 15) is 9.36 Å². The molecule has 2 saturated heterocycles. The van der Waals surface area contributed by atoms with Gasteiger partial charge in [-0.2, -0.15) is 0 Å². The fourth-order valence-corrected chi connectivity index (χ4v) is 5.77. The van der Waals surface area contributed by atoms with Crippen LogP contribution in [0.1, 0.15) is 13.8 Å². The molecule has 0 aromatic heterocycles. The highest BCUT2D eigenvalue weighted by Crippen LogP contribution is 2.67. The minimum absolute atomic E-state index is 0.0895. The number of thioether (sulfide) groups is 1. The van der Waals surface area contributed by atoms with Crippen LogP contribution in [0.15, 0.2) is 0 Å². The Hall–Kier alpha value is -0.0700. The van der Waals surface area contributed by atoms with Crippen LogP contribution in [0.4, 0.5) is 0 Å². The predicted molar refractivity (Wildman–Crippen MR) is 65.7 cm³/mol. The molecule has 0 saturated carbocycles.